The fraction of sp³-hybridized carbons (Fsp3) is 0.231. The molecular weight excluding hydrogens is 402 g/mol. The zero-order valence-corrected chi connectivity index (χ0v) is 18.5. The third-order valence-corrected chi connectivity index (χ3v) is 6.09. The van der Waals surface area contributed by atoms with E-state index >= 15 is 0 Å². The lowest BCUT2D eigenvalue weighted by molar-refractivity contribution is 0.0967. The Balaban J connectivity index is 1.41. The van der Waals surface area contributed by atoms with Crippen molar-refractivity contribution in [2.45, 2.75) is 13.0 Å². The highest BCUT2D eigenvalue weighted by molar-refractivity contribution is 7.80. The first-order chi connectivity index (χ1) is 15.1. The third-order valence-electron chi connectivity index (χ3n) is 5.73. The van der Waals surface area contributed by atoms with Crippen molar-refractivity contribution in [1.82, 2.24) is 15.1 Å². The lowest BCUT2D eigenvalue weighted by Crippen LogP contribution is -2.53. The summed E-state index contributed by atoms with van der Waals surface area (Å²) in [5.74, 6) is -0.154. The summed E-state index contributed by atoms with van der Waals surface area (Å²) in [6.07, 6.45) is 0. The van der Waals surface area contributed by atoms with Gasteiger partial charge in [-0.25, -0.2) is 0 Å². The fourth-order valence-electron chi connectivity index (χ4n) is 4.02. The van der Waals surface area contributed by atoms with E-state index in [9.17, 15) is 4.79 Å². The quantitative estimate of drug-likeness (QED) is 0.623. The molecule has 0 radical (unpaired) electrons. The van der Waals surface area contributed by atoms with Crippen LogP contribution in [0.25, 0.3) is 0 Å². The molecule has 3 aromatic carbocycles. The van der Waals surface area contributed by atoms with Gasteiger partial charge in [0.25, 0.3) is 5.91 Å². The molecule has 1 saturated heterocycles. The number of thiocarbonyl (C=S) groups is 1. The first kappa shape index (κ1) is 21.2. The fourth-order valence-corrected chi connectivity index (χ4v) is 4.30. The van der Waals surface area contributed by atoms with Crippen LogP contribution in [0.1, 0.15) is 33.1 Å². The molecular formula is C26H27N3OS. The highest BCUT2D eigenvalue weighted by atomic mass is 32.1. The van der Waals surface area contributed by atoms with Gasteiger partial charge in [-0.05, 0) is 42.4 Å². The molecule has 0 atom stereocenters. The summed E-state index contributed by atoms with van der Waals surface area (Å²) in [6, 6.07) is 29.0. The van der Waals surface area contributed by atoms with Crippen LogP contribution in [-0.2, 0) is 0 Å². The number of hydrogen-bond donors (Lipinski definition) is 1. The standard InChI is InChI=1S/C26H27N3OS/c1-20-12-14-23(15-13-20)25(30)27-26(31)29-18-16-28(17-19-29)24(21-8-4-2-5-9-21)22-10-6-3-7-11-22/h2-15,24H,16-19H2,1H3,(H,27,30,31). The van der Waals surface area contributed by atoms with Crippen LogP contribution in [0.3, 0.4) is 0 Å². The van der Waals surface area contributed by atoms with Gasteiger partial charge >= 0.3 is 0 Å². The number of amides is 1. The largest absolute Gasteiger partial charge is 0.346 e. The predicted octanol–water partition coefficient (Wildman–Crippen LogP) is 4.42. The molecule has 158 valence electrons. The Labute approximate surface area is 189 Å². The van der Waals surface area contributed by atoms with Gasteiger partial charge in [-0.2, -0.15) is 0 Å². The topological polar surface area (TPSA) is 35.6 Å². The van der Waals surface area contributed by atoms with Crippen LogP contribution in [-0.4, -0.2) is 47.0 Å². The number of carbonyl (C=O) groups excluding carboxylic acids is 1. The highest BCUT2D eigenvalue weighted by Crippen LogP contribution is 2.29. The number of piperazine rings is 1. The predicted molar refractivity (Wildman–Crippen MR) is 129 cm³/mol. The third kappa shape index (κ3) is 5.19. The van der Waals surface area contributed by atoms with E-state index in [4.69, 9.17) is 12.2 Å². The van der Waals surface area contributed by atoms with Crippen LogP contribution in [0, 0.1) is 6.92 Å². The Morgan fingerprint density at radius 2 is 1.32 bits per heavy atom. The van der Waals surface area contributed by atoms with E-state index in [1.165, 1.54) is 11.1 Å². The second kappa shape index (κ2) is 9.86. The van der Waals surface area contributed by atoms with Crippen LogP contribution in [0.5, 0.6) is 0 Å². The maximum Gasteiger partial charge on any atom is 0.257 e. The second-order valence-electron chi connectivity index (χ2n) is 7.87. The van der Waals surface area contributed by atoms with E-state index in [-0.39, 0.29) is 11.9 Å². The molecule has 4 rings (SSSR count). The van der Waals surface area contributed by atoms with Crippen LogP contribution < -0.4 is 5.32 Å². The van der Waals surface area contributed by atoms with E-state index in [0.717, 1.165) is 31.7 Å². The Bertz CT molecular complexity index is 974. The van der Waals surface area contributed by atoms with E-state index in [2.05, 4.69) is 75.8 Å². The van der Waals surface area contributed by atoms with Crippen molar-refractivity contribution in [3.05, 3.63) is 107 Å². The molecule has 5 heteroatoms. The summed E-state index contributed by atoms with van der Waals surface area (Å²) in [6.45, 7) is 5.31. The average Bonchev–Trinajstić information content (AvgIpc) is 2.81. The molecule has 1 amide bonds. The van der Waals surface area contributed by atoms with Gasteiger partial charge in [-0.3, -0.25) is 15.0 Å². The van der Waals surface area contributed by atoms with Gasteiger partial charge < -0.3 is 4.90 Å². The molecule has 0 aliphatic carbocycles. The summed E-state index contributed by atoms with van der Waals surface area (Å²) < 4.78 is 0. The Hall–Kier alpha value is -3.02. The average molecular weight is 430 g/mol. The SMILES string of the molecule is Cc1ccc(C(=O)NC(=S)N2CCN(C(c3ccccc3)c3ccccc3)CC2)cc1. The molecule has 1 N–H and O–H groups in total. The Kier molecular flexibility index (Phi) is 6.75. The summed E-state index contributed by atoms with van der Waals surface area (Å²) >= 11 is 5.54. The molecule has 0 saturated carbocycles. The molecule has 1 fully saturated rings. The summed E-state index contributed by atoms with van der Waals surface area (Å²) in [7, 11) is 0. The molecule has 1 aliphatic heterocycles. The van der Waals surface area contributed by atoms with Crippen molar-refractivity contribution < 1.29 is 4.79 Å². The normalized spacial score (nSPS) is 14.5. The number of rotatable bonds is 4. The minimum absolute atomic E-state index is 0.154. The van der Waals surface area contributed by atoms with Gasteiger partial charge in [0, 0.05) is 31.7 Å². The molecule has 1 heterocycles. The minimum atomic E-state index is -0.154. The van der Waals surface area contributed by atoms with Crippen molar-refractivity contribution in [2.75, 3.05) is 26.2 Å². The summed E-state index contributed by atoms with van der Waals surface area (Å²) in [5.41, 5.74) is 4.33. The molecule has 0 aromatic heterocycles. The number of hydrogen-bond acceptors (Lipinski definition) is 3. The maximum absolute atomic E-state index is 12.5. The smallest absolute Gasteiger partial charge is 0.257 e. The van der Waals surface area contributed by atoms with E-state index in [1.54, 1.807) is 0 Å². The van der Waals surface area contributed by atoms with Gasteiger partial charge in [-0.1, -0.05) is 78.4 Å². The van der Waals surface area contributed by atoms with Crippen LogP contribution in [0.2, 0.25) is 0 Å². The van der Waals surface area contributed by atoms with Crippen molar-refractivity contribution in [3.63, 3.8) is 0 Å². The molecule has 0 spiro atoms. The van der Waals surface area contributed by atoms with Crippen molar-refractivity contribution in [2.24, 2.45) is 0 Å². The molecule has 3 aromatic rings. The maximum atomic E-state index is 12.5. The van der Waals surface area contributed by atoms with Crippen LogP contribution in [0.15, 0.2) is 84.9 Å². The molecule has 4 nitrogen and oxygen atoms in total. The van der Waals surface area contributed by atoms with Gasteiger partial charge in [0.2, 0.25) is 0 Å². The summed E-state index contributed by atoms with van der Waals surface area (Å²) in [5, 5.41) is 3.39. The second-order valence-corrected chi connectivity index (χ2v) is 8.26. The molecule has 31 heavy (non-hydrogen) atoms. The number of aryl methyl sites for hydroxylation is 1. The number of carbonyl (C=O) groups is 1. The van der Waals surface area contributed by atoms with Crippen LogP contribution >= 0.6 is 12.2 Å². The lowest BCUT2D eigenvalue weighted by Gasteiger charge is -2.40. The first-order valence-corrected chi connectivity index (χ1v) is 11.0. The van der Waals surface area contributed by atoms with Crippen LogP contribution in [0.4, 0.5) is 0 Å². The monoisotopic (exact) mass is 429 g/mol. The summed E-state index contributed by atoms with van der Waals surface area (Å²) in [4.78, 5) is 17.1. The van der Waals surface area contributed by atoms with E-state index < -0.39 is 0 Å². The lowest BCUT2D eigenvalue weighted by atomic mass is 9.96. The van der Waals surface area contributed by atoms with Gasteiger partial charge in [0.15, 0.2) is 5.11 Å². The molecule has 0 unspecified atom stereocenters. The zero-order valence-electron chi connectivity index (χ0n) is 17.7. The Morgan fingerprint density at radius 1 is 0.806 bits per heavy atom. The number of nitrogens with zero attached hydrogens (tertiary/aromatic N) is 2. The Morgan fingerprint density at radius 3 is 1.84 bits per heavy atom. The van der Waals surface area contributed by atoms with Crippen molar-refractivity contribution >= 4 is 23.2 Å². The number of benzene rings is 3. The zero-order chi connectivity index (χ0) is 21.6. The van der Waals surface area contributed by atoms with Gasteiger partial charge in [-0.15, -0.1) is 0 Å². The number of nitrogens with one attached hydrogen (secondary N) is 1. The minimum Gasteiger partial charge on any atom is -0.346 e. The van der Waals surface area contributed by atoms with Gasteiger partial charge in [0.05, 0.1) is 6.04 Å². The van der Waals surface area contributed by atoms with Gasteiger partial charge in [0.1, 0.15) is 0 Å². The van der Waals surface area contributed by atoms with Crippen molar-refractivity contribution in [1.29, 1.82) is 0 Å². The molecule has 0 bridgehead atoms. The first-order valence-electron chi connectivity index (χ1n) is 10.6. The van der Waals surface area contributed by atoms with E-state index in [0.29, 0.717) is 10.7 Å². The molecule has 1 aliphatic rings. The highest BCUT2D eigenvalue weighted by Gasteiger charge is 2.27. The van der Waals surface area contributed by atoms with E-state index in [1.807, 2.05) is 31.2 Å². The van der Waals surface area contributed by atoms with Crippen molar-refractivity contribution in [3.8, 4) is 0 Å².